The lowest BCUT2D eigenvalue weighted by molar-refractivity contribution is -0.131. The SMILES string of the molecule is C[C@H]1CCCCN1C(=O)CSc1nnc(-c2ccccc2)c(-c2ccccc2)n1. The Labute approximate surface area is 175 Å². The third-order valence-corrected chi connectivity index (χ3v) is 6.03. The van der Waals surface area contributed by atoms with Crippen molar-refractivity contribution in [1.29, 1.82) is 0 Å². The first-order chi connectivity index (χ1) is 14.2. The van der Waals surface area contributed by atoms with Crippen LogP contribution in [0.1, 0.15) is 26.2 Å². The number of amides is 1. The van der Waals surface area contributed by atoms with E-state index in [4.69, 9.17) is 4.98 Å². The van der Waals surface area contributed by atoms with Crippen molar-refractivity contribution < 1.29 is 4.79 Å². The molecule has 6 heteroatoms. The van der Waals surface area contributed by atoms with Crippen molar-refractivity contribution in [2.45, 2.75) is 37.4 Å². The minimum Gasteiger partial charge on any atom is -0.339 e. The van der Waals surface area contributed by atoms with Gasteiger partial charge in [-0.25, -0.2) is 4.98 Å². The van der Waals surface area contributed by atoms with Crippen LogP contribution in [-0.4, -0.2) is 44.3 Å². The van der Waals surface area contributed by atoms with E-state index in [0.29, 0.717) is 17.0 Å². The van der Waals surface area contributed by atoms with E-state index in [1.807, 2.05) is 65.6 Å². The third kappa shape index (κ3) is 4.65. The first kappa shape index (κ1) is 19.6. The zero-order valence-electron chi connectivity index (χ0n) is 16.5. The van der Waals surface area contributed by atoms with Crippen LogP contribution in [0.3, 0.4) is 0 Å². The van der Waals surface area contributed by atoms with E-state index >= 15 is 0 Å². The predicted molar refractivity (Wildman–Crippen MR) is 116 cm³/mol. The number of hydrogen-bond acceptors (Lipinski definition) is 5. The summed E-state index contributed by atoms with van der Waals surface area (Å²) in [6, 6.07) is 20.3. The number of carbonyl (C=O) groups is 1. The van der Waals surface area contributed by atoms with E-state index in [9.17, 15) is 4.79 Å². The van der Waals surface area contributed by atoms with E-state index in [1.165, 1.54) is 18.2 Å². The monoisotopic (exact) mass is 404 g/mol. The smallest absolute Gasteiger partial charge is 0.233 e. The summed E-state index contributed by atoms with van der Waals surface area (Å²) in [4.78, 5) is 19.4. The normalized spacial score (nSPS) is 16.6. The fraction of sp³-hybridized carbons (Fsp3) is 0.304. The number of benzene rings is 2. The number of hydrogen-bond donors (Lipinski definition) is 0. The molecule has 0 saturated carbocycles. The highest BCUT2D eigenvalue weighted by atomic mass is 32.2. The van der Waals surface area contributed by atoms with Crippen LogP contribution in [-0.2, 0) is 4.79 Å². The second-order valence-electron chi connectivity index (χ2n) is 7.24. The Balaban J connectivity index is 1.58. The number of thioether (sulfide) groups is 1. The van der Waals surface area contributed by atoms with E-state index in [-0.39, 0.29) is 5.91 Å². The van der Waals surface area contributed by atoms with Crippen molar-refractivity contribution in [2.75, 3.05) is 12.3 Å². The van der Waals surface area contributed by atoms with Crippen molar-refractivity contribution in [3.8, 4) is 22.5 Å². The Bertz CT molecular complexity index is 965. The van der Waals surface area contributed by atoms with Gasteiger partial charge < -0.3 is 4.90 Å². The number of rotatable bonds is 5. The van der Waals surface area contributed by atoms with Gasteiger partial charge in [-0.15, -0.1) is 10.2 Å². The van der Waals surface area contributed by atoms with Gasteiger partial charge in [-0.3, -0.25) is 4.79 Å². The average molecular weight is 405 g/mol. The number of nitrogens with zero attached hydrogens (tertiary/aromatic N) is 4. The first-order valence-electron chi connectivity index (χ1n) is 10.00. The molecular weight excluding hydrogens is 380 g/mol. The van der Waals surface area contributed by atoms with Crippen molar-refractivity contribution >= 4 is 17.7 Å². The summed E-state index contributed by atoms with van der Waals surface area (Å²) < 4.78 is 0. The molecule has 0 unspecified atom stereocenters. The average Bonchev–Trinajstić information content (AvgIpc) is 2.79. The van der Waals surface area contributed by atoms with Gasteiger partial charge in [0, 0.05) is 23.7 Å². The largest absolute Gasteiger partial charge is 0.339 e. The van der Waals surface area contributed by atoms with Gasteiger partial charge in [-0.05, 0) is 26.2 Å². The molecule has 3 aromatic rings. The number of carbonyl (C=O) groups excluding carboxylic acids is 1. The zero-order chi connectivity index (χ0) is 20.1. The molecule has 1 aliphatic rings. The van der Waals surface area contributed by atoms with Crippen LogP contribution in [0.15, 0.2) is 65.8 Å². The number of likely N-dealkylation sites (tertiary alicyclic amines) is 1. The maximum atomic E-state index is 12.7. The minimum atomic E-state index is 0.152. The summed E-state index contributed by atoms with van der Waals surface area (Å²) in [5.41, 5.74) is 3.49. The summed E-state index contributed by atoms with van der Waals surface area (Å²) >= 11 is 1.36. The molecule has 1 aromatic heterocycles. The first-order valence-corrected chi connectivity index (χ1v) is 11.0. The van der Waals surface area contributed by atoms with Gasteiger partial charge in [0.05, 0.1) is 5.75 Å². The Morgan fingerprint density at radius 1 is 0.966 bits per heavy atom. The maximum Gasteiger partial charge on any atom is 0.233 e. The quantitative estimate of drug-likeness (QED) is 0.577. The second-order valence-corrected chi connectivity index (χ2v) is 8.19. The highest BCUT2D eigenvalue weighted by Gasteiger charge is 2.23. The van der Waals surface area contributed by atoms with Crippen LogP contribution >= 0.6 is 11.8 Å². The minimum absolute atomic E-state index is 0.152. The molecule has 1 amide bonds. The van der Waals surface area contributed by atoms with Gasteiger partial charge in [0.2, 0.25) is 11.1 Å². The molecule has 5 nitrogen and oxygen atoms in total. The predicted octanol–water partition coefficient (Wildman–Crippen LogP) is 4.70. The molecule has 1 fully saturated rings. The lowest BCUT2D eigenvalue weighted by atomic mass is 10.0. The highest BCUT2D eigenvalue weighted by Crippen LogP contribution is 2.30. The number of aromatic nitrogens is 3. The highest BCUT2D eigenvalue weighted by molar-refractivity contribution is 7.99. The molecular formula is C23H24N4OS. The van der Waals surface area contributed by atoms with E-state index < -0.39 is 0 Å². The van der Waals surface area contributed by atoms with Crippen molar-refractivity contribution in [1.82, 2.24) is 20.1 Å². The summed E-state index contributed by atoms with van der Waals surface area (Å²) in [5.74, 6) is 0.490. The van der Waals surface area contributed by atoms with Crippen molar-refractivity contribution in [2.24, 2.45) is 0 Å². The molecule has 148 valence electrons. The molecule has 0 radical (unpaired) electrons. The van der Waals surface area contributed by atoms with Crippen LogP contribution in [0.25, 0.3) is 22.5 Å². The lowest BCUT2D eigenvalue weighted by Gasteiger charge is -2.33. The van der Waals surface area contributed by atoms with Crippen LogP contribution < -0.4 is 0 Å². The van der Waals surface area contributed by atoms with Crippen molar-refractivity contribution in [3.05, 3.63) is 60.7 Å². The molecule has 2 aromatic carbocycles. The van der Waals surface area contributed by atoms with Crippen LogP contribution in [0.5, 0.6) is 0 Å². The summed E-state index contributed by atoms with van der Waals surface area (Å²) in [7, 11) is 0. The third-order valence-electron chi connectivity index (χ3n) is 5.21. The fourth-order valence-electron chi connectivity index (χ4n) is 3.64. The molecule has 1 saturated heterocycles. The van der Waals surface area contributed by atoms with Gasteiger partial charge in [0.15, 0.2) is 0 Å². The molecule has 1 atom stereocenters. The fourth-order valence-corrected chi connectivity index (χ4v) is 4.31. The van der Waals surface area contributed by atoms with E-state index in [2.05, 4.69) is 17.1 Å². The molecule has 0 aliphatic carbocycles. The molecule has 4 rings (SSSR count). The lowest BCUT2D eigenvalue weighted by Crippen LogP contribution is -2.42. The topological polar surface area (TPSA) is 59.0 Å². The van der Waals surface area contributed by atoms with Crippen LogP contribution in [0.4, 0.5) is 0 Å². The maximum absolute atomic E-state index is 12.7. The Hall–Kier alpha value is -2.73. The molecule has 0 bridgehead atoms. The van der Waals surface area contributed by atoms with E-state index in [1.54, 1.807) is 0 Å². The zero-order valence-corrected chi connectivity index (χ0v) is 17.3. The molecule has 2 heterocycles. The van der Waals surface area contributed by atoms with Crippen LogP contribution in [0.2, 0.25) is 0 Å². The molecule has 1 aliphatic heterocycles. The summed E-state index contributed by atoms with van der Waals surface area (Å²) in [6.07, 6.45) is 3.37. The molecule has 29 heavy (non-hydrogen) atoms. The standard InChI is InChI=1S/C23H24N4OS/c1-17-10-8-9-15-27(17)20(28)16-29-23-24-21(18-11-4-2-5-12-18)22(25-26-23)19-13-6-3-7-14-19/h2-7,11-14,17H,8-10,15-16H2,1H3/t17-/m0/s1. The van der Waals surface area contributed by atoms with Gasteiger partial charge in [0.25, 0.3) is 0 Å². The van der Waals surface area contributed by atoms with Gasteiger partial charge in [-0.2, -0.15) is 0 Å². The number of piperidine rings is 1. The second kappa shape index (κ2) is 9.18. The van der Waals surface area contributed by atoms with Gasteiger partial charge in [0.1, 0.15) is 11.4 Å². The van der Waals surface area contributed by atoms with Gasteiger partial charge in [-0.1, -0.05) is 72.4 Å². The van der Waals surface area contributed by atoms with Gasteiger partial charge >= 0.3 is 0 Å². The Morgan fingerprint density at radius 3 is 2.28 bits per heavy atom. The molecule has 0 N–H and O–H groups in total. The summed E-state index contributed by atoms with van der Waals surface area (Å²) in [6.45, 7) is 2.98. The van der Waals surface area contributed by atoms with E-state index in [0.717, 1.165) is 41.9 Å². The Morgan fingerprint density at radius 2 is 1.62 bits per heavy atom. The Kier molecular flexibility index (Phi) is 6.20. The molecule has 0 spiro atoms. The van der Waals surface area contributed by atoms with Crippen LogP contribution in [0, 0.1) is 0 Å². The summed E-state index contributed by atoms with van der Waals surface area (Å²) in [5, 5.41) is 9.31. The van der Waals surface area contributed by atoms with Crippen molar-refractivity contribution in [3.63, 3.8) is 0 Å².